The fourth-order valence-electron chi connectivity index (χ4n) is 1.09. The number of imidazole rings is 1. The normalized spacial score (nSPS) is 10.0. The second-order valence-corrected chi connectivity index (χ2v) is 3.21. The number of carboxylic acids is 1. The van der Waals surface area contributed by atoms with Crippen LogP contribution in [-0.4, -0.2) is 33.1 Å². The van der Waals surface area contributed by atoms with Crippen LogP contribution in [0.3, 0.4) is 0 Å². The molecule has 0 atom stereocenters. The summed E-state index contributed by atoms with van der Waals surface area (Å²) in [5.41, 5.74) is 1.77. The van der Waals surface area contributed by atoms with Gasteiger partial charge in [-0.15, -0.1) is 0 Å². The molecule has 1 rings (SSSR count). The van der Waals surface area contributed by atoms with Gasteiger partial charge in [0.2, 0.25) is 5.91 Å². The number of hydrogen-bond acceptors (Lipinski definition) is 3. The van der Waals surface area contributed by atoms with Crippen LogP contribution in [0.5, 0.6) is 0 Å². The van der Waals surface area contributed by atoms with E-state index in [2.05, 4.69) is 10.3 Å². The zero-order chi connectivity index (χ0) is 11.4. The molecule has 6 heteroatoms. The Morgan fingerprint density at radius 2 is 2.20 bits per heavy atom. The topological polar surface area (TPSA) is 84.2 Å². The molecule has 0 aliphatic rings. The van der Waals surface area contributed by atoms with Crippen molar-refractivity contribution in [2.75, 3.05) is 6.54 Å². The predicted molar refractivity (Wildman–Crippen MR) is 52.3 cm³/mol. The molecule has 0 saturated carbocycles. The average molecular weight is 211 g/mol. The van der Waals surface area contributed by atoms with E-state index in [9.17, 15) is 9.59 Å². The van der Waals surface area contributed by atoms with Crippen LogP contribution in [0.25, 0.3) is 0 Å². The molecular formula is C9H13N3O3. The van der Waals surface area contributed by atoms with E-state index < -0.39 is 5.97 Å². The lowest BCUT2D eigenvalue weighted by molar-refractivity contribution is -0.138. The Hall–Kier alpha value is -1.85. The van der Waals surface area contributed by atoms with Gasteiger partial charge in [0.1, 0.15) is 13.1 Å². The van der Waals surface area contributed by atoms with Crippen molar-refractivity contribution in [1.82, 2.24) is 14.9 Å². The molecule has 15 heavy (non-hydrogen) atoms. The molecular weight excluding hydrogens is 198 g/mol. The van der Waals surface area contributed by atoms with Crippen molar-refractivity contribution in [1.29, 1.82) is 0 Å². The molecule has 0 bridgehead atoms. The number of aliphatic carboxylic acids is 1. The zero-order valence-corrected chi connectivity index (χ0v) is 8.65. The first-order valence-electron chi connectivity index (χ1n) is 4.47. The first kappa shape index (κ1) is 11.2. The minimum absolute atomic E-state index is 0.0972. The third-order valence-corrected chi connectivity index (χ3v) is 2.10. The third kappa shape index (κ3) is 3.08. The van der Waals surface area contributed by atoms with Crippen LogP contribution < -0.4 is 5.32 Å². The smallest absolute Gasteiger partial charge is 0.322 e. The molecule has 1 amide bonds. The number of nitrogens with one attached hydrogen (secondary N) is 1. The van der Waals surface area contributed by atoms with Gasteiger partial charge < -0.3 is 15.0 Å². The number of hydrogen-bond donors (Lipinski definition) is 2. The number of carbonyl (C=O) groups is 2. The van der Waals surface area contributed by atoms with E-state index in [4.69, 9.17) is 5.11 Å². The Morgan fingerprint density at radius 3 is 2.67 bits per heavy atom. The van der Waals surface area contributed by atoms with E-state index in [0.29, 0.717) is 0 Å². The van der Waals surface area contributed by atoms with Gasteiger partial charge in [0, 0.05) is 5.69 Å². The fourth-order valence-corrected chi connectivity index (χ4v) is 1.09. The Kier molecular flexibility index (Phi) is 3.43. The number of carboxylic acid groups (broad SMARTS) is 1. The van der Waals surface area contributed by atoms with Crippen LogP contribution in [0.4, 0.5) is 0 Å². The molecule has 0 saturated heterocycles. The molecule has 0 aliphatic heterocycles. The summed E-state index contributed by atoms with van der Waals surface area (Å²) in [5.74, 6) is -1.39. The second kappa shape index (κ2) is 4.59. The van der Waals surface area contributed by atoms with Gasteiger partial charge in [-0.05, 0) is 13.8 Å². The summed E-state index contributed by atoms with van der Waals surface area (Å²) in [4.78, 5) is 25.5. The summed E-state index contributed by atoms with van der Waals surface area (Å²) in [5, 5.41) is 10.6. The maximum atomic E-state index is 11.3. The van der Waals surface area contributed by atoms with Crippen LogP contribution >= 0.6 is 0 Å². The maximum absolute atomic E-state index is 11.3. The Balaban J connectivity index is 2.51. The van der Waals surface area contributed by atoms with Crippen LogP contribution in [-0.2, 0) is 16.1 Å². The summed E-state index contributed by atoms with van der Waals surface area (Å²) >= 11 is 0. The predicted octanol–water partition coefficient (Wildman–Crippen LogP) is -0.299. The van der Waals surface area contributed by atoms with E-state index in [1.165, 1.54) is 0 Å². The summed E-state index contributed by atoms with van der Waals surface area (Å²) in [6, 6.07) is 0. The summed E-state index contributed by atoms with van der Waals surface area (Å²) in [6.07, 6.45) is 1.56. The van der Waals surface area contributed by atoms with Gasteiger partial charge in [-0.2, -0.15) is 0 Å². The van der Waals surface area contributed by atoms with Gasteiger partial charge in [0.05, 0.1) is 12.0 Å². The largest absolute Gasteiger partial charge is 0.480 e. The van der Waals surface area contributed by atoms with E-state index >= 15 is 0 Å². The van der Waals surface area contributed by atoms with E-state index in [1.807, 2.05) is 13.8 Å². The Labute approximate surface area is 86.9 Å². The quantitative estimate of drug-likeness (QED) is 0.716. The molecule has 1 aromatic rings. The summed E-state index contributed by atoms with van der Waals surface area (Å²) in [6.45, 7) is 3.44. The molecule has 1 aromatic heterocycles. The highest BCUT2D eigenvalue weighted by Crippen LogP contribution is 2.03. The first-order valence-corrected chi connectivity index (χ1v) is 4.47. The lowest BCUT2D eigenvalue weighted by Gasteiger charge is -2.05. The number of aryl methyl sites for hydroxylation is 1. The number of rotatable bonds is 4. The zero-order valence-electron chi connectivity index (χ0n) is 8.65. The lowest BCUT2D eigenvalue weighted by atomic mass is 10.4. The molecule has 0 spiro atoms. The minimum Gasteiger partial charge on any atom is -0.480 e. The number of aromatic nitrogens is 2. The minimum atomic E-state index is -1.05. The van der Waals surface area contributed by atoms with Crippen LogP contribution in [0.15, 0.2) is 6.33 Å². The number of nitrogens with zero attached hydrogens (tertiary/aromatic N) is 2. The average Bonchev–Trinajstić information content (AvgIpc) is 2.47. The molecule has 6 nitrogen and oxygen atoms in total. The molecule has 1 heterocycles. The van der Waals surface area contributed by atoms with Gasteiger partial charge in [0.15, 0.2) is 0 Å². The molecule has 82 valence electrons. The molecule has 0 radical (unpaired) electrons. The highest BCUT2D eigenvalue weighted by Gasteiger charge is 2.07. The summed E-state index contributed by atoms with van der Waals surface area (Å²) in [7, 11) is 0. The van der Waals surface area contributed by atoms with E-state index in [0.717, 1.165) is 11.4 Å². The summed E-state index contributed by atoms with van der Waals surface area (Å²) < 4.78 is 1.67. The van der Waals surface area contributed by atoms with Crippen molar-refractivity contribution in [3.8, 4) is 0 Å². The second-order valence-electron chi connectivity index (χ2n) is 3.21. The van der Waals surface area contributed by atoms with Gasteiger partial charge >= 0.3 is 5.97 Å². The fraction of sp³-hybridized carbons (Fsp3) is 0.444. The van der Waals surface area contributed by atoms with Crippen LogP contribution in [0, 0.1) is 13.8 Å². The molecule has 0 unspecified atom stereocenters. The van der Waals surface area contributed by atoms with Gasteiger partial charge in [-0.1, -0.05) is 0 Å². The standard InChI is InChI=1S/C9H13N3O3/c1-6-7(2)12(5-11-6)4-8(13)10-3-9(14)15/h5H,3-4H2,1-2H3,(H,10,13)(H,14,15). The molecule has 0 aliphatic carbocycles. The van der Waals surface area contributed by atoms with Gasteiger partial charge in [-0.25, -0.2) is 4.98 Å². The van der Waals surface area contributed by atoms with E-state index in [-0.39, 0.29) is 19.0 Å². The first-order chi connectivity index (χ1) is 7.00. The van der Waals surface area contributed by atoms with Crippen molar-refractivity contribution in [2.24, 2.45) is 0 Å². The SMILES string of the molecule is Cc1ncn(CC(=O)NCC(=O)O)c1C. The Morgan fingerprint density at radius 1 is 1.53 bits per heavy atom. The maximum Gasteiger partial charge on any atom is 0.322 e. The van der Waals surface area contributed by atoms with Crippen molar-refractivity contribution in [3.63, 3.8) is 0 Å². The highest BCUT2D eigenvalue weighted by atomic mass is 16.4. The third-order valence-electron chi connectivity index (χ3n) is 2.10. The molecule has 2 N–H and O–H groups in total. The molecule has 0 aromatic carbocycles. The van der Waals surface area contributed by atoms with E-state index in [1.54, 1.807) is 10.9 Å². The number of carbonyl (C=O) groups excluding carboxylic acids is 1. The van der Waals surface area contributed by atoms with Gasteiger partial charge in [-0.3, -0.25) is 9.59 Å². The van der Waals surface area contributed by atoms with Crippen molar-refractivity contribution >= 4 is 11.9 Å². The van der Waals surface area contributed by atoms with Crippen LogP contribution in [0.2, 0.25) is 0 Å². The van der Waals surface area contributed by atoms with Crippen molar-refractivity contribution in [2.45, 2.75) is 20.4 Å². The lowest BCUT2D eigenvalue weighted by Crippen LogP contribution is -2.32. The van der Waals surface area contributed by atoms with Crippen LogP contribution in [0.1, 0.15) is 11.4 Å². The monoisotopic (exact) mass is 211 g/mol. The highest BCUT2D eigenvalue weighted by molar-refractivity contribution is 5.80. The van der Waals surface area contributed by atoms with Gasteiger partial charge in [0.25, 0.3) is 0 Å². The molecule has 0 fully saturated rings. The number of amides is 1. The van der Waals surface area contributed by atoms with Crippen molar-refractivity contribution < 1.29 is 14.7 Å². The van der Waals surface area contributed by atoms with Crippen molar-refractivity contribution in [3.05, 3.63) is 17.7 Å². The Bertz CT molecular complexity index is 384.